The number of likely N-dealkylation sites (N-methyl/N-ethyl adjacent to an activating group) is 1. The molecule has 1 heterocycles. The lowest BCUT2D eigenvalue weighted by atomic mass is 9.85. The Morgan fingerprint density at radius 1 is 0.980 bits per heavy atom. The average molecular weight is 731 g/mol. The van der Waals surface area contributed by atoms with E-state index in [0.717, 1.165) is 5.56 Å². The number of benzene rings is 1. The minimum Gasteiger partial charge on any atom is -0.347 e. The summed E-state index contributed by atoms with van der Waals surface area (Å²) in [5, 5.41) is 10.7. The van der Waals surface area contributed by atoms with E-state index >= 15 is 0 Å². The van der Waals surface area contributed by atoms with Gasteiger partial charge in [0.2, 0.25) is 27.6 Å². The third-order valence-electron chi connectivity index (χ3n) is 10.3. The standard InChI is InChI=1S/C37H58N6O7S/c1-14-15-38-31(45)25(44)18-39-32(46)28-27-24(37(27,11)12)19-43(28)33(47)30(36(8,9)10)41-34(48)40-26(35(5,6)7)20-42(13)51(49,50)29-22(3)16-21(2)17-23(29)4/h14,16-17,24,26-28,30H,1,15,18-20H2,2-13H3,(H,38,45)(H,39,46)(H2,40,41,48)/t24-,26+,27-,28-,30+/m0/s1. The van der Waals surface area contributed by atoms with Crippen LogP contribution in [0.25, 0.3) is 0 Å². The lowest BCUT2D eigenvalue weighted by Crippen LogP contribution is -2.62. The first-order valence-corrected chi connectivity index (χ1v) is 18.8. The normalized spacial score (nSPS) is 20.9. The highest BCUT2D eigenvalue weighted by Crippen LogP contribution is 2.65. The molecule has 5 atom stereocenters. The molecule has 1 aliphatic heterocycles. The van der Waals surface area contributed by atoms with Crippen molar-refractivity contribution < 1.29 is 32.4 Å². The van der Waals surface area contributed by atoms with Crippen molar-refractivity contribution in [2.75, 3.05) is 33.2 Å². The SMILES string of the molecule is C=CCNC(=O)C(=O)CNC(=O)[C@@H]1[C@@H]2[C@H](CN1C(=O)[C@@H](NC(=O)N[C@H](CN(C)S(=O)(=O)c1c(C)cc(C)cc1C)C(C)(C)C)C(C)(C)C)C2(C)C. The van der Waals surface area contributed by atoms with E-state index in [0.29, 0.717) is 17.7 Å². The molecule has 0 spiro atoms. The first kappa shape index (κ1) is 41.6. The fourth-order valence-corrected chi connectivity index (χ4v) is 8.78. The number of amides is 5. The number of ketones is 1. The van der Waals surface area contributed by atoms with E-state index in [2.05, 4.69) is 27.8 Å². The summed E-state index contributed by atoms with van der Waals surface area (Å²) in [5.74, 6) is -2.78. The number of hydrogen-bond donors (Lipinski definition) is 4. The Bertz CT molecular complexity index is 1650. The van der Waals surface area contributed by atoms with E-state index in [4.69, 9.17) is 0 Å². The van der Waals surface area contributed by atoms with Crippen LogP contribution in [0.2, 0.25) is 0 Å². The number of carbonyl (C=O) groups excluding carboxylic acids is 5. The lowest BCUT2D eigenvalue weighted by molar-refractivity contribution is -0.144. The number of fused-ring (bicyclic) bond motifs is 1. The van der Waals surface area contributed by atoms with Crippen molar-refractivity contribution in [1.29, 1.82) is 0 Å². The zero-order valence-corrected chi connectivity index (χ0v) is 33.1. The van der Waals surface area contributed by atoms with Gasteiger partial charge in [0.15, 0.2) is 0 Å². The van der Waals surface area contributed by atoms with Crippen LogP contribution in [0.1, 0.15) is 72.1 Å². The minimum absolute atomic E-state index is 0.0305. The van der Waals surface area contributed by atoms with E-state index in [-0.39, 0.29) is 35.2 Å². The highest BCUT2D eigenvalue weighted by Gasteiger charge is 2.69. The molecule has 14 heteroatoms. The van der Waals surface area contributed by atoms with Crippen LogP contribution in [-0.4, -0.2) is 98.5 Å². The summed E-state index contributed by atoms with van der Waals surface area (Å²) in [6.45, 7) is 23.9. The summed E-state index contributed by atoms with van der Waals surface area (Å²) < 4.78 is 28.8. The fraction of sp³-hybridized carbons (Fsp3) is 0.649. The van der Waals surface area contributed by atoms with Gasteiger partial charge in [-0.15, -0.1) is 6.58 Å². The zero-order valence-electron chi connectivity index (χ0n) is 32.3. The number of carbonyl (C=O) groups is 5. The number of aryl methyl sites for hydroxylation is 3. The van der Waals surface area contributed by atoms with Crippen molar-refractivity contribution in [2.24, 2.45) is 28.1 Å². The van der Waals surface area contributed by atoms with Gasteiger partial charge in [-0.1, -0.05) is 79.2 Å². The highest BCUT2D eigenvalue weighted by molar-refractivity contribution is 7.89. The molecule has 284 valence electrons. The maximum Gasteiger partial charge on any atom is 0.315 e. The monoisotopic (exact) mass is 730 g/mol. The van der Waals surface area contributed by atoms with Gasteiger partial charge in [-0.3, -0.25) is 19.2 Å². The minimum atomic E-state index is -3.91. The van der Waals surface area contributed by atoms with Gasteiger partial charge in [-0.2, -0.15) is 4.31 Å². The molecule has 2 fully saturated rings. The van der Waals surface area contributed by atoms with Crippen molar-refractivity contribution in [1.82, 2.24) is 30.5 Å². The van der Waals surface area contributed by atoms with Crippen LogP contribution in [0, 0.1) is 48.9 Å². The number of hydrogen-bond acceptors (Lipinski definition) is 7. The van der Waals surface area contributed by atoms with Gasteiger partial charge in [0.05, 0.1) is 11.4 Å². The Morgan fingerprint density at radius 2 is 1.55 bits per heavy atom. The van der Waals surface area contributed by atoms with Gasteiger partial charge >= 0.3 is 6.03 Å². The molecule has 0 unspecified atom stereocenters. The zero-order chi connectivity index (χ0) is 39.0. The summed E-state index contributed by atoms with van der Waals surface area (Å²) in [4.78, 5) is 67.6. The Morgan fingerprint density at radius 3 is 2.06 bits per heavy atom. The molecular formula is C37H58N6O7S. The molecule has 2 aliphatic rings. The van der Waals surface area contributed by atoms with Crippen LogP contribution in [0.3, 0.4) is 0 Å². The van der Waals surface area contributed by atoms with Gasteiger partial charge in [-0.25, -0.2) is 13.2 Å². The molecule has 0 bridgehead atoms. The Balaban J connectivity index is 1.80. The first-order chi connectivity index (χ1) is 23.3. The Labute approximate surface area is 303 Å². The third kappa shape index (κ3) is 9.18. The van der Waals surface area contributed by atoms with E-state index in [1.165, 1.54) is 22.3 Å². The summed E-state index contributed by atoms with van der Waals surface area (Å²) in [6.07, 6.45) is 1.43. The quantitative estimate of drug-likeness (QED) is 0.178. The Kier molecular flexibility index (Phi) is 12.3. The Hall–Kier alpha value is -3.78. The van der Waals surface area contributed by atoms with Gasteiger partial charge in [0.25, 0.3) is 5.91 Å². The van der Waals surface area contributed by atoms with Crippen molar-refractivity contribution in [3.8, 4) is 0 Å². The largest absolute Gasteiger partial charge is 0.347 e. The number of piperidine rings is 1. The molecule has 1 saturated heterocycles. The van der Waals surface area contributed by atoms with Gasteiger partial charge in [-0.05, 0) is 60.0 Å². The van der Waals surface area contributed by atoms with E-state index in [1.54, 1.807) is 34.6 Å². The van der Waals surface area contributed by atoms with Gasteiger partial charge in [0.1, 0.15) is 12.1 Å². The molecule has 1 aromatic rings. The number of nitrogens with zero attached hydrogens (tertiary/aromatic N) is 2. The van der Waals surface area contributed by atoms with Gasteiger partial charge < -0.3 is 26.2 Å². The van der Waals surface area contributed by atoms with E-state index in [9.17, 15) is 32.4 Å². The maximum atomic E-state index is 14.3. The summed E-state index contributed by atoms with van der Waals surface area (Å²) in [5.41, 5.74) is 0.660. The molecule has 5 amide bonds. The maximum absolute atomic E-state index is 14.3. The van der Waals surface area contributed by atoms with Crippen LogP contribution >= 0.6 is 0 Å². The van der Waals surface area contributed by atoms with Crippen molar-refractivity contribution in [3.63, 3.8) is 0 Å². The predicted octanol–water partition coefficient (Wildman–Crippen LogP) is 2.83. The number of Topliss-reactive ketones (excluding diaryl/α,β-unsaturated/α-hetero) is 1. The third-order valence-corrected chi connectivity index (χ3v) is 12.4. The smallest absolute Gasteiger partial charge is 0.315 e. The highest BCUT2D eigenvalue weighted by atomic mass is 32.2. The number of urea groups is 1. The van der Waals surface area contributed by atoms with E-state index < -0.39 is 75.1 Å². The number of nitrogens with one attached hydrogen (secondary N) is 4. The second-order valence-electron chi connectivity index (χ2n) is 16.9. The van der Waals surface area contributed by atoms with Crippen LogP contribution < -0.4 is 21.3 Å². The average Bonchev–Trinajstić information content (AvgIpc) is 3.30. The molecule has 0 radical (unpaired) electrons. The first-order valence-electron chi connectivity index (χ1n) is 17.4. The summed E-state index contributed by atoms with van der Waals surface area (Å²) in [7, 11) is -2.42. The fourth-order valence-electron chi connectivity index (χ4n) is 7.20. The second kappa shape index (κ2) is 15.1. The lowest BCUT2D eigenvalue weighted by Gasteiger charge is -2.39. The van der Waals surface area contributed by atoms with E-state index in [1.807, 2.05) is 53.7 Å². The number of rotatable bonds is 13. The molecule has 1 aliphatic carbocycles. The molecule has 1 saturated carbocycles. The van der Waals surface area contributed by atoms with Crippen molar-refractivity contribution in [3.05, 3.63) is 41.5 Å². The van der Waals surface area contributed by atoms with Crippen molar-refractivity contribution in [2.45, 2.75) is 99.2 Å². The molecule has 1 aromatic carbocycles. The van der Waals surface area contributed by atoms with Crippen LogP contribution in [0.5, 0.6) is 0 Å². The number of sulfonamides is 1. The topological polar surface area (TPSA) is 174 Å². The molecule has 3 rings (SSSR count). The van der Waals surface area contributed by atoms with Crippen LogP contribution in [-0.2, 0) is 29.2 Å². The second-order valence-corrected chi connectivity index (χ2v) is 18.9. The van der Waals surface area contributed by atoms with Gasteiger partial charge in [0, 0.05) is 32.7 Å². The molecule has 13 nitrogen and oxygen atoms in total. The summed E-state index contributed by atoms with van der Waals surface area (Å²) in [6, 6.07) is 0.392. The molecular weight excluding hydrogens is 673 g/mol. The van der Waals surface area contributed by atoms with Crippen molar-refractivity contribution >= 4 is 39.6 Å². The molecule has 0 aromatic heterocycles. The molecule has 51 heavy (non-hydrogen) atoms. The van der Waals surface area contributed by atoms with Crippen LogP contribution in [0.15, 0.2) is 29.7 Å². The predicted molar refractivity (Wildman–Crippen MR) is 196 cm³/mol. The van der Waals surface area contributed by atoms with Crippen LogP contribution in [0.4, 0.5) is 4.79 Å². The molecule has 4 N–H and O–H groups in total. The number of likely N-dealkylation sites (tertiary alicyclic amines) is 1. The summed E-state index contributed by atoms with van der Waals surface area (Å²) >= 11 is 0.